The van der Waals surface area contributed by atoms with E-state index in [-0.39, 0.29) is 17.9 Å². The summed E-state index contributed by atoms with van der Waals surface area (Å²) in [6.07, 6.45) is 1.48. The van der Waals surface area contributed by atoms with E-state index in [2.05, 4.69) is 41.2 Å². The standard InChI is InChI=1S/C14H27N5O5S2/c15-4-2-1-3-9(13(23)17-5-11(20)21)18-14(24)10(7-26)19-12(22)8(16)6-25/h8-10,25-26H,1-7,15-16H2,(H,17,23)(H,18,24)(H,19,22)(H,20,21). The molecule has 8 N–H and O–H groups in total. The third-order valence-electron chi connectivity index (χ3n) is 3.34. The van der Waals surface area contributed by atoms with Gasteiger partial charge >= 0.3 is 5.97 Å². The van der Waals surface area contributed by atoms with Gasteiger partial charge in [-0.3, -0.25) is 19.2 Å². The number of unbranched alkanes of at least 4 members (excludes halogenated alkanes) is 1. The molecule has 0 rings (SSSR count). The van der Waals surface area contributed by atoms with E-state index >= 15 is 0 Å². The maximum Gasteiger partial charge on any atom is 0.322 e. The number of carboxylic acids is 1. The molecule has 0 bridgehead atoms. The van der Waals surface area contributed by atoms with Crippen molar-refractivity contribution in [3.63, 3.8) is 0 Å². The van der Waals surface area contributed by atoms with Crippen molar-refractivity contribution in [1.82, 2.24) is 16.0 Å². The summed E-state index contributed by atoms with van der Waals surface area (Å²) in [4.78, 5) is 46.8. The average Bonchev–Trinajstić information content (AvgIpc) is 2.62. The number of aliphatic carboxylic acids is 1. The van der Waals surface area contributed by atoms with Gasteiger partial charge in [0.1, 0.15) is 18.6 Å². The highest BCUT2D eigenvalue weighted by molar-refractivity contribution is 7.80. The smallest absolute Gasteiger partial charge is 0.322 e. The highest BCUT2D eigenvalue weighted by Crippen LogP contribution is 2.02. The van der Waals surface area contributed by atoms with E-state index in [0.29, 0.717) is 19.4 Å². The first-order chi connectivity index (χ1) is 12.3. The quantitative estimate of drug-likeness (QED) is 0.122. The Morgan fingerprint density at radius 2 is 1.54 bits per heavy atom. The van der Waals surface area contributed by atoms with Gasteiger partial charge in [0.05, 0.1) is 6.04 Å². The predicted octanol–water partition coefficient (Wildman–Crippen LogP) is -2.53. The van der Waals surface area contributed by atoms with E-state index in [1.165, 1.54) is 0 Å². The topological polar surface area (TPSA) is 177 Å². The Labute approximate surface area is 163 Å². The number of carboxylic acid groups (broad SMARTS) is 1. The number of carbonyl (C=O) groups excluding carboxylic acids is 3. The molecule has 3 atom stereocenters. The lowest BCUT2D eigenvalue weighted by molar-refractivity contribution is -0.138. The molecular formula is C14H27N5O5S2. The monoisotopic (exact) mass is 409 g/mol. The fourth-order valence-electron chi connectivity index (χ4n) is 1.88. The second kappa shape index (κ2) is 13.7. The average molecular weight is 410 g/mol. The Hall–Kier alpha value is -1.50. The molecule has 0 saturated carbocycles. The fraction of sp³-hybridized carbons (Fsp3) is 0.714. The SMILES string of the molecule is NCCCCC(NC(=O)C(CS)NC(=O)C(N)CS)C(=O)NCC(=O)O. The molecule has 0 aromatic heterocycles. The van der Waals surface area contributed by atoms with Crippen molar-refractivity contribution in [1.29, 1.82) is 0 Å². The molecule has 150 valence electrons. The van der Waals surface area contributed by atoms with Crippen LogP contribution in [0.4, 0.5) is 0 Å². The molecule has 0 fully saturated rings. The number of rotatable bonds is 13. The van der Waals surface area contributed by atoms with Crippen molar-refractivity contribution in [2.45, 2.75) is 37.4 Å². The lowest BCUT2D eigenvalue weighted by Gasteiger charge is -2.23. The van der Waals surface area contributed by atoms with Crippen LogP contribution in [0.3, 0.4) is 0 Å². The minimum absolute atomic E-state index is 0.0108. The van der Waals surface area contributed by atoms with E-state index < -0.39 is 48.4 Å². The second-order valence-corrected chi connectivity index (χ2v) is 6.22. The van der Waals surface area contributed by atoms with Crippen molar-refractivity contribution >= 4 is 48.9 Å². The van der Waals surface area contributed by atoms with Crippen LogP contribution in [-0.2, 0) is 19.2 Å². The predicted molar refractivity (Wildman–Crippen MR) is 103 cm³/mol. The van der Waals surface area contributed by atoms with Crippen LogP contribution in [0, 0.1) is 0 Å². The van der Waals surface area contributed by atoms with E-state index in [1.807, 2.05) is 0 Å². The maximum absolute atomic E-state index is 12.4. The first-order valence-electron chi connectivity index (χ1n) is 8.04. The molecule has 0 aliphatic carbocycles. The fourth-order valence-corrected chi connectivity index (χ4v) is 2.30. The zero-order valence-corrected chi connectivity index (χ0v) is 16.1. The molecule has 0 radical (unpaired) electrons. The van der Waals surface area contributed by atoms with Gasteiger partial charge in [-0.1, -0.05) is 0 Å². The van der Waals surface area contributed by atoms with Crippen molar-refractivity contribution < 1.29 is 24.3 Å². The third-order valence-corrected chi connectivity index (χ3v) is 4.10. The Morgan fingerprint density at radius 3 is 2.04 bits per heavy atom. The summed E-state index contributed by atoms with van der Waals surface area (Å²) < 4.78 is 0. The van der Waals surface area contributed by atoms with Crippen molar-refractivity contribution in [3.05, 3.63) is 0 Å². The summed E-state index contributed by atoms with van der Waals surface area (Å²) in [5, 5.41) is 15.8. The molecule has 0 heterocycles. The molecule has 0 spiro atoms. The van der Waals surface area contributed by atoms with E-state index in [1.54, 1.807) is 0 Å². The Balaban J connectivity index is 4.90. The summed E-state index contributed by atoms with van der Waals surface area (Å²) in [7, 11) is 0. The number of carbonyl (C=O) groups is 4. The normalized spacial score (nSPS) is 14.0. The van der Waals surface area contributed by atoms with Crippen LogP contribution in [0.25, 0.3) is 0 Å². The summed E-state index contributed by atoms with van der Waals surface area (Å²) in [5.41, 5.74) is 11.0. The lowest BCUT2D eigenvalue weighted by atomic mass is 10.1. The molecule has 0 aromatic rings. The Morgan fingerprint density at radius 1 is 0.923 bits per heavy atom. The van der Waals surface area contributed by atoms with Crippen LogP contribution >= 0.6 is 25.3 Å². The molecular weight excluding hydrogens is 382 g/mol. The van der Waals surface area contributed by atoms with Crippen LogP contribution in [-0.4, -0.2) is 71.5 Å². The molecule has 10 nitrogen and oxygen atoms in total. The van der Waals surface area contributed by atoms with Gasteiger partial charge in [-0.2, -0.15) is 25.3 Å². The zero-order valence-electron chi connectivity index (χ0n) is 14.3. The van der Waals surface area contributed by atoms with E-state index in [4.69, 9.17) is 16.6 Å². The summed E-state index contributed by atoms with van der Waals surface area (Å²) in [5.74, 6) is -2.93. The van der Waals surface area contributed by atoms with Gasteiger partial charge in [0.25, 0.3) is 0 Å². The molecule has 0 aliphatic heterocycles. The van der Waals surface area contributed by atoms with Crippen molar-refractivity contribution in [2.24, 2.45) is 11.5 Å². The first-order valence-corrected chi connectivity index (χ1v) is 9.30. The molecule has 0 aromatic carbocycles. The number of nitrogens with two attached hydrogens (primary N) is 2. The van der Waals surface area contributed by atoms with Crippen LogP contribution in [0.15, 0.2) is 0 Å². The lowest BCUT2D eigenvalue weighted by Crippen LogP contribution is -2.56. The van der Waals surface area contributed by atoms with Crippen LogP contribution < -0.4 is 27.4 Å². The minimum atomic E-state index is -1.20. The van der Waals surface area contributed by atoms with Gasteiger partial charge < -0.3 is 32.5 Å². The van der Waals surface area contributed by atoms with Crippen LogP contribution in [0.1, 0.15) is 19.3 Å². The number of hydrogen-bond donors (Lipinski definition) is 8. The largest absolute Gasteiger partial charge is 0.480 e. The van der Waals surface area contributed by atoms with Gasteiger partial charge in [-0.15, -0.1) is 0 Å². The molecule has 12 heteroatoms. The molecule has 3 unspecified atom stereocenters. The third kappa shape index (κ3) is 9.85. The number of hydrogen-bond acceptors (Lipinski definition) is 8. The van der Waals surface area contributed by atoms with Crippen molar-refractivity contribution in [2.75, 3.05) is 24.6 Å². The summed E-state index contributed by atoms with van der Waals surface area (Å²) >= 11 is 7.94. The van der Waals surface area contributed by atoms with Gasteiger partial charge in [0, 0.05) is 11.5 Å². The van der Waals surface area contributed by atoms with Crippen molar-refractivity contribution in [3.8, 4) is 0 Å². The molecule has 26 heavy (non-hydrogen) atoms. The Bertz CT molecular complexity index is 494. The molecule has 3 amide bonds. The minimum Gasteiger partial charge on any atom is -0.480 e. The zero-order chi connectivity index (χ0) is 20.1. The molecule has 0 saturated heterocycles. The second-order valence-electron chi connectivity index (χ2n) is 5.49. The van der Waals surface area contributed by atoms with Gasteiger partial charge in [0.2, 0.25) is 17.7 Å². The molecule has 0 aliphatic rings. The van der Waals surface area contributed by atoms with Gasteiger partial charge in [0.15, 0.2) is 0 Å². The Kier molecular flexibility index (Phi) is 12.9. The maximum atomic E-state index is 12.4. The van der Waals surface area contributed by atoms with Gasteiger partial charge in [-0.05, 0) is 25.8 Å². The van der Waals surface area contributed by atoms with Gasteiger partial charge in [-0.25, -0.2) is 0 Å². The van der Waals surface area contributed by atoms with E-state index in [9.17, 15) is 19.2 Å². The number of thiol groups is 2. The van der Waals surface area contributed by atoms with Crippen LogP contribution in [0.2, 0.25) is 0 Å². The highest BCUT2D eigenvalue weighted by Gasteiger charge is 2.27. The summed E-state index contributed by atoms with van der Waals surface area (Å²) in [6.45, 7) is -0.139. The van der Waals surface area contributed by atoms with Crippen LogP contribution in [0.5, 0.6) is 0 Å². The number of amides is 3. The van der Waals surface area contributed by atoms with E-state index in [0.717, 1.165) is 0 Å². The highest BCUT2D eigenvalue weighted by atomic mass is 32.1. The summed E-state index contributed by atoms with van der Waals surface area (Å²) in [6, 6.07) is -2.83. The first kappa shape index (κ1) is 24.5. The number of nitrogens with one attached hydrogen (secondary N) is 3.